The molecule has 106 valence electrons. The third-order valence-electron chi connectivity index (χ3n) is 3.78. The molecule has 4 rings (SSSR count). The van der Waals surface area contributed by atoms with Gasteiger partial charge in [-0.1, -0.05) is 0 Å². The predicted octanol–water partition coefficient (Wildman–Crippen LogP) is 2.96. The molecule has 0 aliphatic carbocycles. The van der Waals surface area contributed by atoms with Crippen molar-refractivity contribution in [1.82, 2.24) is 14.9 Å². The maximum Gasteiger partial charge on any atom is 0.270 e. The van der Waals surface area contributed by atoms with Crippen LogP contribution in [0.15, 0.2) is 29.8 Å². The Balaban J connectivity index is 1.64. The van der Waals surface area contributed by atoms with Gasteiger partial charge in [-0.25, -0.2) is 9.37 Å². The molecule has 2 aromatic heterocycles. The summed E-state index contributed by atoms with van der Waals surface area (Å²) in [6.45, 7) is 1.27. The molecule has 1 aliphatic rings. The first-order valence-electron chi connectivity index (χ1n) is 6.69. The van der Waals surface area contributed by atoms with E-state index in [9.17, 15) is 9.18 Å². The number of nitrogens with zero attached hydrogens (tertiary/aromatic N) is 2. The van der Waals surface area contributed by atoms with E-state index in [1.165, 1.54) is 12.1 Å². The van der Waals surface area contributed by atoms with Gasteiger partial charge in [0.1, 0.15) is 11.5 Å². The van der Waals surface area contributed by atoms with E-state index < -0.39 is 0 Å². The molecule has 6 heteroatoms. The van der Waals surface area contributed by atoms with Gasteiger partial charge >= 0.3 is 0 Å². The maximum absolute atomic E-state index is 13.2. The minimum atomic E-state index is -0.310. The second-order valence-corrected chi connectivity index (χ2v) is 6.05. The number of amides is 1. The molecule has 0 fully saturated rings. The molecular weight excluding hydrogens is 289 g/mol. The Bertz CT molecular complexity index is 838. The summed E-state index contributed by atoms with van der Waals surface area (Å²) in [5, 5.41) is 0.843. The van der Waals surface area contributed by atoms with Crippen LogP contribution in [-0.4, -0.2) is 27.3 Å². The summed E-state index contributed by atoms with van der Waals surface area (Å²) in [6, 6.07) is 6.26. The number of carbonyl (C=O) groups is 1. The first-order chi connectivity index (χ1) is 10.2. The second-order valence-electron chi connectivity index (χ2n) is 5.11. The summed E-state index contributed by atoms with van der Waals surface area (Å²) in [6.07, 6.45) is 0.791. The van der Waals surface area contributed by atoms with E-state index in [0.29, 0.717) is 24.3 Å². The van der Waals surface area contributed by atoms with Crippen molar-refractivity contribution in [3.8, 4) is 0 Å². The first kappa shape index (κ1) is 12.5. The number of halogens is 1. The first-order valence-corrected chi connectivity index (χ1v) is 7.57. The number of aromatic nitrogens is 2. The van der Waals surface area contributed by atoms with Crippen LogP contribution in [0.3, 0.4) is 0 Å². The van der Waals surface area contributed by atoms with Gasteiger partial charge in [0.25, 0.3) is 5.91 Å². The molecule has 21 heavy (non-hydrogen) atoms. The zero-order chi connectivity index (χ0) is 14.4. The standard InChI is InChI=1S/C15H12FN3OS/c16-10-2-1-9-5-13(18-12(9)6-10)15(20)19-4-3-11-14(7-19)21-8-17-11/h1-2,5-6,8,18H,3-4,7H2. The number of thiazole rings is 1. The van der Waals surface area contributed by atoms with Crippen LogP contribution in [0.2, 0.25) is 0 Å². The lowest BCUT2D eigenvalue weighted by Gasteiger charge is -2.25. The third-order valence-corrected chi connectivity index (χ3v) is 4.64. The molecule has 0 bridgehead atoms. The van der Waals surface area contributed by atoms with Gasteiger partial charge in [-0.2, -0.15) is 0 Å². The number of hydrogen-bond acceptors (Lipinski definition) is 3. The van der Waals surface area contributed by atoms with Crippen LogP contribution in [-0.2, 0) is 13.0 Å². The topological polar surface area (TPSA) is 49.0 Å². The molecule has 0 atom stereocenters. The van der Waals surface area contributed by atoms with Crippen LogP contribution in [0.25, 0.3) is 10.9 Å². The highest BCUT2D eigenvalue weighted by atomic mass is 32.1. The number of fused-ring (bicyclic) bond motifs is 2. The predicted molar refractivity (Wildman–Crippen MR) is 78.8 cm³/mol. The molecule has 0 saturated heterocycles. The van der Waals surface area contributed by atoms with E-state index in [0.717, 1.165) is 22.4 Å². The molecule has 3 aromatic rings. The molecule has 1 aliphatic heterocycles. The molecule has 0 radical (unpaired) electrons. The van der Waals surface area contributed by atoms with Crippen LogP contribution in [0.4, 0.5) is 4.39 Å². The summed E-state index contributed by atoms with van der Waals surface area (Å²) >= 11 is 1.58. The average molecular weight is 301 g/mol. The Hall–Kier alpha value is -2.21. The minimum Gasteiger partial charge on any atom is -0.350 e. The lowest BCUT2D eigenvalue weighted by molar-refractivity contribution is 0.0731. The minimum absolute atomic E-state index is 0.0503. The van der Waals surface area contributed by atoms with Crippen molar-refractivity contribution in [3.05, 3.63) is 51.9 Å². The Kier molecular flexibility index (Phi) is 2.78. The quantitative estimate of drug-likeness (QED) is 0.751. The van der Waals surface area contributed by atoms with E-state index in [2.05, 4.69) is 9.97 Å². The SMILES string of the molecule is O=C(c1cc2ccc(F)cc2[nH]1)N1CCc2ncsc2C1. The normalized spacial score (nSPS) is 14.4. The van der Waals surface area contributed by atoms with Gasteiger partial charge in [-0.05, 0) is 24.3 Å². The largest absolute Gasteiger partial charge is 0.350 e. The highest BCUT2D eigenvalue weighted by Gasteiger charge is 2.24. The number of H-pyrrole nitrogens is 1. The van der Waals surface area contributed by atoms with Gasteiger partial charge in [0.05, 0.1) is 17.7 Å². The Morgan fingerprint density at radius 1 is 1.38 bits per heavy atom. The molecule has 1 aromatic carbocycles. The summed E-state index contributed by atoms with van der Waals surface area (Å²) < 4.78 is 13.2. The zero-order valence-corrected chi connectivity index (χ0v) is 11.9. The van der Waals surface area contributed by atoms with Crippen molar-refractivity contribution in [2.75, 3.05) is 6.54 Å². The van der Waals surface area contributed by atoms with Crippen molar-refractivity contribution in [1.29, 1.82) is 0 Å². The maximum atomic E-state index is 13.2. The summed E-state index contributed by atoms with van der Waals surface area (Å²) in [5.41, 5.74) is 4.07. The van der Waals surface area contributed by atoms with Crippen molar-refractivity contribution in [2.24, 2.45) is 0 Å². The molecule has 1 N–H and O–H groups in total. The van der Waals surface area contributed by atoms with Gasteiger partial charge in [0.15, 0.2) is 0 Å². The Morgan fingerprint density at radius 3 is 3.19 bits per heavy atom. The molecular formula is C15H12FN3OS. The Morgan fingerprint density at radius 2 is 2.29 bits per heavy atom. The fraction of sp³-hybridized carbons (Fsp3) is 0.200. The highest BCUT2D eigenvalue weighted by Crippen LogP contribution is 2.24. The average Bonchev–Trinajstić information content (AvgIpc) is 3.11. The van der Waals surface area contributed by atoms with Crippen molar-refractivity contribution >= 4 is 28.1 Å². The van der Waals surface area contributed by atoms with Gasteiger partial charge in [-0.15, -0.1) is 11.3 Å². The van der Waals surface area contributed by atoms with E-state index >= 15 is 0 Å². The van der Waals surface area contributed by atoms with Crippen LogP contribution in [0.1, 0.15) is 21.1 Å². The van der Waals surface area contributed by atoms with E-state index in [1.54, 1.807) is 23.5 Å². The van der Waals surface area contributed by atoms with E-state index in [1.807, 2.05) is 10.4 Å². The molecule has 1 amide bonds. The fourth-order valence-corrected chi connectivity index (χ4v) is 3.51. The number of hydrogen-bond donors (Lipinski definition) is 1. The number of benzene rings is 1. The van der Waals surface area contributed by atoms with E-state index in [-0.39, 0.29) is 11.7 Å². The van der Waals surface area contributed by atoms with Crippen LogP contribution in [0.5, 0.6) is 0 Å². The van der Waals surface area contributed by atoms with Crippen LogP contribution < -0.4 is 0 Å². The molecule has 3 heterocycles. The fourth-order valence-electron chi connectivity index (χ4n) is 2.68. The molecule has 0 saturated carbocycles. The smallest absolute Gasteiger partial charge is 0.270 e. The molecule has 4 nitrogen and oxygen atoms in total. The van der Waals surface area contributed by atoms with Gasteiger partial charge in [0.2, 0.25) is 0 Å². The number of carbonyl (C=O) groups excluding carboxylic acids is 1. The monoisotopic (exact) mass is 301 g/mol. The van der Waals surface area contributed by atoms with Crippen molar-refractivity contribution < 1.29 is 9.18 Å². The summed E-state index contributed by atoms with van der Waals surface area (Å²) in [4.78, 5) is 22.8. The zero-order valence-electron chi connectivity index (χ0n) is 11.1. The number of aromatic amines is 1. The van der Waals surface area contributed by atoms with Crippen molar-refractivity contribution in [2.45, 2.75) is 13.0 Å². The summed E-state index contributed by atoms with van der Waals surface area (Å²) in [7, 11) is 0. The Labute approximate surface area is 124 Å². The van der Waals surface area contributed by atoms with Gasteiger partial charge < -0.3 is 9.88 Å². The third kappa shape index (κ3) is 2.12. The van der Waals surface area contributed by atoms with Gasteiger partial charge in [-0.3, -0.25) is 4.79 Å². The van der Waals surface area contributed by atoms with Crippen LogP contribution >= 0.6 is 11.3 Å². The molecule has 0 spiro atoms. The van der Waals surface area contributed by atoms with E-state index in [4.69, 9.17) is 0 Å². The number of rotatable bonds is 1. The molecule has 0 unspecified atom stereocenters. The lowest BCUT2D eigenvalue weighted by atomic mass is 10.1. The summed E-state index contributed by atoms with van der Waals surface area (Å²) in [5.74, 6) is -0.360. The van der Waals surface area contributed by atoms with Gasteiger partial charge in [0, 0.05) is 28.7 Å². The van der Waals surface area contributed by atoms with Crippen LogP contribution in [0, 0.1) is 5.82 Å². The van der Waals surface area contributed by atoms with Crippen molar-refractivity contribution in [3.63, 3.8) is 0 Å². The highest BCUT2D eigenvalue weighted by molar-refractivity contribution is 7.09. The second kappa shape index (κ2) is 4.66. The number of nitrogens with one attached hydrogen (secondary N) is 1. The lowest BCUT2D eigenvalue weighted by Crippen LogP contribution is -2.35.